The monoisotopic (exact) mass is 484 g/mol. The highest BCUT2D eigenvalue weighted by molar-refractivity contribution is 5.79. The topological polar surface area (TPSA) is 62.0 Å². The number of piperazine rings is 1. The molecule has 4 rings (SSSR count). The van der Waals surface area contributed by atoms with Crippen molar-refractivity contribution in [3.63, 3.8) is 0 Å². The van der Waals surface area contributed by atoms with Gasteiger partial charge in [-0.2, -0.15) is 0 Å². The summed E-state index contributed by atoms with van der Waals surface area (Å²) in [5, 5.41) is 0. The maximum absolute atomic E-state index is 11.7. The van der Waals surface area contributed by atoms with Gasteiger partial charge in [-0.1, -0.05) is 27.7 Å². The molecule has 0 spiro atoms. The van der Waals surface area contributed by atoms with E-state index in [1.165, 1.54) is 36.2 Å². The lowest BCUT2D eigenvalue weighted by molar-refractivity contribution is -0.122. The summed E-state index contributed by atoms with van der Waals surface area (Å²) in [6, 6.07) is 7.04. The van der Waals surface area contributed by atoms with Crippen LogP contribution >= 0.6 is 0 Å². The van der Waals surface area contributed by atoms with Gasteiger partial charge in [-0.3, -0.25) is 9.69 Å². The van der Waals surface area contributed by atoms with Crippen LogP contribution in [0.1, 0.15) is 78.2 Å². The summed E-state index contributed by atoms with van der Waals surface area (Å²) in [6.07, 6.45) is 6.33. The zero-order valence-corrected chi connectivity index (χ0v) is 23.0. The van der Waals surface area contributed by atoms with E-state index in [4.69, 9.17) is 10.5 Å². The average molecular weight is 485 g/mol. The Labute approximate surface area is 213 Å². The lowest BCUT2D eigenvalue weighted by Gasteiger charge is -2.47. The van der Waals surface area contributed by atoms with Gasteiger partial charge < -0.3 is 20.3 Å². The highest BCUT2D eigenvalue weighted by atomic mass is 16.5. The van der Waals surface area contributed by atoms with E-state index in [0.29, 0.717) is 22.9 Å². The normalized spacial score (nSPS) is 25.0. The number of ether oxygens (including phenoxy) is 1. The second-order valence-corrected chi connectivity index (χ2v) is 12.9. The van der Waals surface area contributed by atoms with Gasteiger partial charge in [0, 0.05) is 57.8 Å². The number of carbonyl (C=O) groups is 1. The zero-order valence-electron chi connectivity index (χ0n) is 23.0. The van der Waals surface area contributed by atoms with Crippen LogP contribution in [-0.2, 0) is 9.53 Å². The Bertz CT molecular complexity index is 867. The molecular weight excluding hydrogens is 436 g/mol. The predicted octanol–water partition coefficient (Wildman–Crippen LogP) is 4.62. The minimum Gasteiger partial charge on any atom is -0.381 e. The van der Waals surface area contributed by atoms with E-state index in [0.717, 1.165) is 52.1 Å². The number of hydrogen-bond acceptors (Lipinski definition) is 5. The average Bonchev–Trinajstić information content (AvgIpc) is 2.81. The summed E-state index contributed by atoms with van der Waals surface area (Å²) in [7, 11) is 1.84. The molecule has 2 heterocycles. The van der Waals surface area contributed by atoms with E-state index in [-0.39, 0.29) is 11.9 Å². The Hall–Kier alpha value is -1.79. The highest BCUT2D eigenvalue weighted by Gasteiger charge is 2.40. The number of piperidine rings is 1. The van der Waals surface area contributed by atoms with Crippen molar-refractivity contribution < 1.29 is 9.53 Å². The number of nitrogens with zero attached hydrogens (tertiary/aromatic N) is 3. The maximum Gasteiger partial charge on any atom is 0.234 e. The second-order valence-electron chi connectivity index (χ2n) is 12.9. The molecule has 2 N–H and O–H groups in total. The smallest absolute Gasteiger partial charge is 0.234 e. The molecule has 196 valence electrons. The van der Waals surface area contributed by atoms with E-state index < -0.39 is 0 Å². The number of benzene rings is 1. The minimum atomic E-state index is -0.229. The number of nitrogens with two attached hydrogens (primary N) is 1. The Balaban J connectivity index is 1.61. The summed E-state index contributed by atoms with van der Waals surface area (Å²) in [6.45, 7) is 17.4. The van der Waals surface area contributed by atoms with Crippen LogP contribution in [0.2, 0.25) is 0 Å². The van der Waals surface area contributed by atoms with Crippen molar-refractivity contribution in [1.82, 2.24) is 4.90 Å². The van der Waals surface area contributed by atoms with Crippen molar-refractivity contribution in [2.24, 2.45) is 16.6 Å². The molecule has 2 saturated heterocycles. The van der Waals surface area contributed by atoms with Crippen LogP contribution in [0.4, 0.5) is 11.4 Å². The Kier molecular flexibility index (Phi) is 7.73. The van der Waals surface area contributed by atoms with Crippen molar-refractivity contribution in [2.45, 2.75) is 84.8 Å². The molecule has 1 saturated carbocycles. The molecule has 0 bridgehead atoms. The predicted molar refractivity (Wildman–Crippen MR) is 145 cm³/mol. The standard InChI is InChI=1S/C29H48N4O2/c1-21(27(30)34)31-13-15-33(16-14-31)26-8-7-23(32-11-9-24(35-6)10-12-32)17-25(26)22-18-28(2,3)20-29(4,5)19-22/h7-8,17,21-22,24H,9-16,18-20H2,1-6H3,(H2,30,34). The first kappa shape index (κ1) is 26.3. The maximum atomic E-state index is 11.7. The lowest BCUT2D eigenvalue weighted by Crippen LogP contribution is -2.53. The number of methoxy groups -OCH3 is 1. The first-order valence-corrected chi connectivity index (χ1v) is 13.7. The number of hydrogen-bond donors (Lipinski definition) is 1. The molecule has 6 heteroatoms. The molecule has 1 atom stereocenters. The summed E-state index contributed by atoms with van der Waals surface area (Å²) in [5.41, 5.74) is 10.5. The molecule has 1 amide bonds. The van der Waals surface area contributed by atoms with Gasteiger partial charge in [-0.25, -0.2) is 0 Å². The van der Waals surface area contributed by atoms with Crippen LogP contribution in [0.5, 0.6) is 0 Å². The molecule has 1 unspecified atom stereocenters. The van der Waals surface area contributed by atoms with Crippen LogP contribution < -0.4 is 15.5 Å². The molecule has 1 aromatic carbocycles. The third-order valence-corrected chi connectivity index (χ3v) is 8.76. The van der Waals surface area contributed by atoms with E-state index in [9.17, 15) is 4.79 Å². The summed E-state index contributed by atoms with van der Waals surface area (Å²) in [4.78, 5) is 19.0. The molecule has 35 heavy (non-hydrogen) atoms. The fourth-order valence-corrected chi connectivity index (χ4v) is 7.30. The molecule has 3 aliphatic rings. The fourth-order valence-electron chi connectivity index (χ4n) is 7.30. The van der Waals surface area contributed by atoms with Crippen LogP contribution in [0, 0.1) is 10.8 Å². The highest BCUT2D eigenvalue weighted by Crippen LogP contribution is 2.53. The fraction of sp³-hybridized carbons (Fsp3) is 0.759. The van der Waals surface area contributed by atoms with Crippen molar-refractivity contribution >= 4 is 17.3 Å². The van der Waals surface area contributed by atoms with Crippen LogP contribution in [-0.4, -0.2) is 69.3 Å². The summed E-state index contributed by atoms with van der Waals surface area (Å²) >= 11 is 0. The van der Waals surface area contributed by atoms with Gasteiger partial charge in [-0.05, 0) is 79.5 Å². The van der Waals surface area contributed by atoms with E-state index >= 15 is 0 Å². The Morgan fingerprint density at radius 2 is 1.57 bits per heavy atom. The molecule has 2 aliphatic heterocycles. The van der Waals surface area contributed by atoms with Crippen molar-refractivity contribution in [2.75, 3.05) is 56.2 Å². The van der Waals surface area contributed by atoms with E-state index in [2.05, 4.69) is 60.6 Å². The van der Waals surface area contributed by atoms with Gasteiger partial charge in [0.05, 0.1) is 12.1 Å². The van der Waals surface area contributed by atoms with Gasteiger partial charge in [0.25, 0.3) is 0 Å². The number of rotatable bonds is 6. The van der Waals surface area contributed by atoms with Gasteiger partial charge >= 0.3 is 0 Å². The van der Waals surface area contributed by atoms with Crippen LogP contribution in [0.15, 0.2) is 18.2 Å². The van der Waals surface area contributed by atoms with Gasteiger partial charge in [0.1, 0.15) is 0 Å². The number of carbonyl (C=O) groups excluding carboxylic acids is 1. The molecule has 1 aliphatic carbocycles. The SMILES string of the molecule is COC1CCN(c2ccc(N3CCN(C(C)C(N)=O)CC3)c(C3CC(C)(C)CC(C)(C)C3)c2)CC1. The number of primary amides is 1. The van der Waals surface area contributed by atoms with Gasteiger partial charge in [0.15, 0.2) is 0 Å². The third-order valence-electron chi connectivity index (χ3n) is 8.76. The first-order chi connectivity index (χ1) is 16.5. The second kappa shape index (κ2) is 10.3. The van der Waals surface area contributed by atoms with E-state index in [1.807, 2.05) is 14.0 Å². The first-order valence-electron chi connectivity index (χ1n) is 13.7. The quantitative estimate of drug-likeness (QED) is 0.639. The molecule has 6 nitrogen and oxygen atoms in total. The summed E-state index contributed by atoms with van der Waals surface area (Å²) in [5.74, 6) is 0.329. The Morgan fingerprint density at radius 3 is 2.11 bits per heavy atom. The third kappa shape index (κ3) is 6.14. The molecular formula is C29H48N4O2. The largest absolute Gasteiger partial charge is 0.381 e. The zero-order chi connectivity index (χ0) is 25.4. The Morgan fingerprint density at radius 1 is 0.971 bits per heavy atom. The van der Waals surface area contributed by atoms with Crippen molar-refractivity contribution in [3.05, 3.63) is 23.8 Å². The van der Waals surface area contributed by atoms with Crippen molar-refractivity contribution in [1.29, 1.82) is 0 Å². The van der Waals surface area contributed by atoms with Crippen LogP contribution in [0.25, 0.3) is 0 Å². The summed E-state index contributed by atoms with van der Waals surface area (Å²) < 4.78 is 5.61. The molecule has 0 aromatic heterocycles. The van der Waals surface area contributed by atoms with E-state index in [1.54, 1.807) is 0 Å². The molecule has 1 aromatic rings. The molecule has 0 radical (unpaired) electrons. The number of amides is 1. The van der Waals surface area contributed by atoms with Crippen molar-refractivity contribution in [3.8, 4) is 0 Å². The number of anilines is 2. The molecule has 3 fully saturated rings. The lowest BCUT2D eigenvalue weighted by atomic mass is 9.60. The van der Waals surface area contributed by atoms with Gasteiger partial charge in [-0.15, -0.1) is 0 Å². The van der Waals surface area contributed by atoms with Gasteiger partial charge in [0.2, 0.25) is 5.91 Å². The minimum absolute atomic E-state index is 0.200. The van der Waals surface area contributed by atoms with Crippen LogP contribution in [0.3, 0.4) is 0 Å².